The molecular formula is C5H3BrNNaS. The van der Waals surface area contributed by atoms with Crippen LogP contribution in [-0.4, -0.2) is 4.98 Å². The Hall–Kier alpha value is 0.850. The monoisotopic (exact) mass is 211 g/mol. The maximum Gasteiger partial charge on any atom is 1.00 e. The van der Waals surface area contributed by atoms with E-state index in [4.69, 9.17) is 12.6 Å². The van der Waals surface area contributed by atoms with Crippen molar-refractivity contribution in [3.8, 4) is 0 Å². The van der Waals surface area contributed by atoms with Crippen LogP contribution in [0.2, 0.25) is 0 Å². The molecule has 0 aliphatic rings. The molecule has 0 atom stereocenters. The summed E-state index contributed by atoms with van der Waals surface area (Å²) in [4.78, 5) is 4.60. The van der Waals surface area contributed by atoms with Crippen LogP contribution < -0.4 is 29.6 Å². The van der Waals surface area contributed by atoms with Crippen LogP contribution in [0, 0.1) is 0 Å². The summed E-state index contributed by atoms with van der Waals surface area (Å²) in [6.45, 7) is 0. The Morgan fingerprint density at radius 3 is 2.44 bits per heavy atom. The van der Waals surface area contributed by atoms with Gasteiger partial charge in [-0.05, 0) is 15.9 Å². The van der Waals surface area contributed by atoms with Gasteiger partial charge in [0.05, 0.1) is 0 Å². The first-order valence-electron chi connectivity index (χ1n) is 2.06. The summed E-state index contributed by atoms with van der Waals surface area (Å²) in [6, 6.07) is 1.84. The molecule has 0 N–H and O–H groups in total. The van der Waals surface area contributed by atoms with E-state index in [9.17, 15) is 0 Å². The molecule has 1 aromatic rings. The van der Waals surface area contributed by atoms with Gasteiger partial charge in [0.2, 0.25) is 0 Å². The Labute approximate surface area is 90.1 Å². The first-order valence-corrected chi connectivity index (χ1v) is 3.27. The summed E-state index contributed by atoms with van der Waals surface area (Å²) in [5.41, 5.74) is 0. The van der Waals surface area contributed by atoms with E-state index in [1.165, 1.54) is 0 Å². The Balaban J connectivity index is 0.000000640. The summed E-state index contributed by atoms with van der Waals surface area (Å²) in [7, 11) is 0. The molecule has 42 valence electrons. The van der Waals surface area contributed by atoms with Gasteiger partial charge in [-0.15, -0.1) is 0 Å². The van der Waals surface area contributed by atoms with Crippen molar-refractivity contribution in [2.24, 2.45) is 0 Å². The second-order valence-corrected chi connectivity index (χ2v) is 2.73. The van der Waals surface area contributed by atoms with Crippen LogP contribution >= 0.6 is 15.9 Å². The van der Waals surface area contributed by atoms with Crippen molar-refractivity contribution < 1.29 is 29.6 Å². The van der Waals surface area contributed by atoms with Crippen LogP contribution in [0.15, 0.2) is 27.8 Å². The van der Waals surface area contributed by atoms with Gasteiger partial charge in [-0.3, -0.25) is 4.98 Å². The molecule has 0 unspecified atom stereocenters. The van der Waals surface area contributed by atoms with Gasteiger partial charge >= 0.3 is 29.6 Å². The minimum absolute atomic E-state index is 0. The third-order valence-corrected chi connectivity index (χ3v) is 1.34. The molecule has 0 radical (unpaired) electrons. The molecule has 0 amide bonds. The normalized spacial score (nSPS) is 8.11. The molecule has 1 nitrogen and oxygen atoms in total. The maximum absolute atomic E-state index is 4.81. The van der Waals surface area contributed by atoms with Gasteiger partial charge in [0.1, 0.15) is 0 Å². The van der Waals surface area contributed by atoms with Gasteiger partial charge in [-0.2, -0.15) is 4.90 Å². The summed E-state index contributed by atoms with van der Waals surface area (Å²) in [6.07, 6.45) is 3.34. The average molecular weight is 212 g/mol. The van der Waals surface area contributed by atoms with Gasteiger partial charge < -0.3 is 12.6 Å². The van der Waals surface area contributed by atoms with Gasteiger partial charge in [0, 0.05) is 16.9 Å². The van der Waals surface area contributed by atoms with Crippen LogP contribution in [0.4, 0.5) is 0 Å². The Morgan fingerprint density at radius 2 is 2.11 bits per heavy atom. The standard InChI is InChI=1S/C5H4BrNS.Na/c6-4-1-5(8)3-7-2-4;/h1-3,8H;/q;+1/p-1. The predicted molar refractivity (Wildman–Crippen MR) is 37.6 cm³/mol. The molecule has 1 aromatic heterocycles. The van der Waals surface area contributed by atoms with Crippen molar-refractivity contribution in [1.82, 2.24) is 4.98 Å². The number of aromatic nitrogens is 1. The Bertz CT molecular complexity index is 177. The van der Waals surface area contributed by atoms with E-state index >= 15 is 0 Å². The van der Waals surface area contributed by atoms with Crippen molar-refractivity contribution in [2.45, 2.75) is 4.90 Å². The van der Waals surface area contributed by atoms with E-state index in [-0.39, 0.29) is 29.6 Å². The number of rotatable bonds is 0. The molecule has 0 aliphatic carbocycles. The SMILES string of the molecule is [Na+].[S-]c1cncc(Br)c1. The van der Waals surface area contributed by atoms with Crippen LogP contribution in [0.25, 0.3) is 0 Å². The third kappa shape index (κ3) is 3.53. The third-order valence-electron chi connectivity index (χ3n) is 0.680. The first kappa shape index (κ1) is 9.85. The van der Waals surface area contributed by atoms with Gasteiger partial charge in [-0.1, -0.05) is 6.07 Å². The molecule has 1 rings (SSSR count). The second kappa shape index (κ2) is 4.63. The zero-order chi connectivity index (χ0) is 5.98. The van der Waals surface area contributed by atoms with Crippen molar-refractivity contribution in [2.75, 3.05) is 0 Å². The number of nitrogens with zero attached hydrogens (tertiary/aromatic N) is 1. The van der Waals surface area contributed by atoms with Gasteiger partial charge in [0.15, 0.2) is 0 Å². The number of halogens is 1. The molecule has 4 heteroatoms. The van der Waals surface area contributed by atoms with E-state index in [0.29, 0.717) is 0 Å². The van der Waals surface area contributed by atoms with E-state index in [1.807, 2.05) is 6.07 Å². The maximum atomic E-state index is 4.81. The molecule has 0 fully saturated rings. The number of hydrogen-bond donors (Lipinski definition) is 0. The molecule has 0 spiro atoms. The predicted octanol–water partition coefficient (Wildman–Crippen LogP) is -1.25. The van der Waals surface area contributed by atoms with Gasteiger partial charge in [0.25, 0.3) is 0 Å². The van der Waals surface area contributed by atoms with Crippen LogP contribution in [0.1, 0.15) is 0 Å². The summed E-state index contributed by atoms with van der Waals surface area (Å²) >= 11 is 8.04. The van der Waals surface area contributed by atoms with E-state index in [1.54, 1.807) is 12.4 Å². The minimum Gasteiger partial charge on any atom is -0.778 e. The smallest absolute Gasteiger partial charge is 0.778 e. The van der Waals surface area contributed by atoms with Crippen LogP contribution in [0.3, 0.4) is 0 Å². The fourth-order valence-electron chi connectivity index (χ4n) is 0.392. The fraction of sp³-hybridized carbons (Fsp3) is 0. The summed E-state index contributed by atoms with van der Waals surface area (Å²) < 4.78 is 0.935. The van der Waals surface area contributed by atoms with Crippen molar-refractivity contribution in [3.63, 3.8) is 0 Å². The Kier molecular flexibility index (Phi) is 5.07. The van der Waals surface area contributed by atoms with Gasteiger partial charge in [-0.25, -0.2) is 0 Å². The average Bonchev–Trinajstić information content (AvgIpc) is 1.64. The van der Waals surface area contributed by atoms with E-state index in [0.717, 1.165) is 9.37 Å². The molecular weight excluding hydrogens is 209 g/mol. The van der Waals surface area contributed by atoms with Crippen LogP contribution in [0.5, 0.6) is 0 Å². The quantitative estimate of drug-likeness (QED) is 0.394. The summed E-state index contributed by atoms with van der Waals surface area (Å²) in [5.74, 6) is 0. The van der Waals surface area contributed by atoms with Crippen molar-refractivity contribution >= 4 is 28.6 Å². The van der Waals surface area contributed by atoms with E-state index < -0.39 is 0 Å². The van der Waals surface area contributed by atoms with Crippen molar-refractivity contribution in [3.05, 3.63) is 22.9 Å². The largest absolute Gasteiger partial charge is 1.00 e. The molecule has 9 heavy (non-hydrogen) atoms. The molecule has 0 saturated carbocycles. The molecule has 0 saturated heterocycles. The van der Waals surface area contributed by atoms with E-state index in [2.05, 4.69) is 20.9 Å². The number of pyridine rings is 1. The molecule has 1 heterocycles. The second-order valence-electron chi connectivity index (χ2n) is 1.34. The zero-order valence-electron chi connectivity index (χ0n) is 4.97. The van der Waals surface area contributed by atoms with Crippen molar-refractivity contribution in [1.29, 1.82) is 0 Å². The number of hydrogen-bond acceptors (Lipinski definition) is 2. The minimum atomic E-state index is 0. The first-order chi connectivity index (χ1) is 3.79. The molecule has 0 aromatic carbocycles. The Morgan fingerprint density at radius 1 is 1.44 bits per heavy atom. The molecule has 0 aliphatic heterocycles. The topological polar surface area (TPSA) is 12.9 Å². The molecule has 0 bridgehead atoms. The van der Waals surface area contributed by atoms with Crippen LogP contribution in [-0.2, 0) is 12.6 Å². The fourth-order valence-corrected chi connectivity index (χ4v) is 1.10. The summed E-state index contributed by atoms with van der Waals surface area (Å²) in [5, 5.41) is 0. The zero-order valence-corrected chi connectivity index (χ0v) is 9.37.